The van der Waals surface area contributed by atoms with Crippen molar-refractivity contribution in [2.45, 2.75) is 12.4 Å². The number of ether oxygens (including phenoxy) is 1. The molecule has 0 aliphatic rings. The SMILES string of the molecule is COc1ccc(CN(C)c2ccncc2CCl)cc1. The van der Waals surface area contributed by atoms with E-state index in [1.165, 1.54) is 5.56 Å². The van der Waals surface area contributed by atoms with Crippen molar-refractivity contribution in [2.24, 2.45) is 0 Å². The van der Waals surface area contributed by atoms with E-state index in [4.69, 9.17) is 16.3 Å². The first kappa shape index (κ1) is 13.7. The van der Waals surface area contributed by atoms with E-state index in [0.717, 1.165) is 23.5 Å². The summed E-state index contributed by atoms with van der Waals surface area (Å²) in [5.41, 5.74) is 3.38. The number of anilines is 1. The molecule has 1 aromatic carbocycles. The van der Waals surface area contributed by atoms with Crippen LogP contribution in [0.25, 0.3) is 0 Å². The minimum atomic E-state index is 0.468. The molecule has 0 spiro atoms. The third-order valence-electron chi connectivity index (χ3n) is 3.01. The number of hydrogen-bond donors (Lipinski definition) is 0. The van der Waals surface area contributed by atoms with Crippen molar-refractivity contribution in [3.63, 3.8) is 0 Å². The molecule has 2 aromatic rings. The molecule has 1 heterocycles. The van der Waals surface area contributed by atoms with Gasteiger partial charge in [-0.2, -0.15) is 0 Å². The van der Waals surface area contributed by atoms with E-state index in [0.29, 0.717) is 5.88 Å². The predicted molar refractivity (Wildman–Crippen MR) is 78.9 cm³/mol. The minimum absolute atomic E-state index is 0.468. The highest BCUT2D eigenvalue weighted by Gasteiger charge is 2.07. The Morgan fingerprint density at radius 2 is 1.95 bits per heavy atom. The zero-order valence-electron chi connectivity index (χ0n) is 11.1. The van der Waals surface area contributed by atoms with Crippen molar-refractivity contribution in [2.75, 3.05) is 19.1 Å². The first-order chi connectivity index (χ1) is 9.24. The van der Waals surface area contributed by atoms with Gasteiger partial charge in [-0.15, -0.1) is 11.6 Å². The molecule has 1 aromatic heterocycles. The average Bonchev–Trinajstić information content (AvgIpc) is 2.48. The van der Waals surface area contributed by atoms with E-state index in [1.807, 2.05) is 24.4 Å². The van der Waals surface area contributed by atoms with E-state index in [-0.39, 0.29) is 0 Å². The predicted octanol–water partition coefficient (Wildman–Crippen LogP) is 3.47. The molecule has 0 unspecified atom stereocenters. The summed E-state index contributed by atoms with van der Waals surface area (Å²) in [6.07, 6.45) is 3.60. The second kappa shape index (κ2) is 6.43. The number of pyridine rings is 1. The molecule has 0 aliphatic carbocycles. The van der Waals surface area contributed by atoms with Crippen molar-refractivity contribution in [3.05, 3.63) is 53.9 Å². The van der Waals surface area contributed by atoms with Gasteiger partial charge in [0.1, 0.15) is 5.75 Å². The third kappa shape index (κ3) is 3.38. The van der Waals surface area contributed by atoms with Crippen molar-refractivity contribution in [3.8, 4) is 5.75 Å². The molecule has 0 radical (unpaired) electrons. The average molecular weight is 277 g/mol. The molecule has 0 saturated heterocycles. The van der Waals surface area contributed by atoms with Gasteiger partial charge in [-0.3, -0.25) is 4.98 Å². The van der Waals surface area contributed by atoms with Gasteiger partial charge in [-0.05, 0) is 23.8 Å². The molecule has 4 heteroatoms. The van der Waals surface area contributed by atoms with Crippen LogP contribution in [0, 0.1) is 0 Å². The van der Waals surface area contributed by atoms with Crippen LogP contribution in [0.4, 0.5) is 5.69 Å². The van der Waals surface area contributed by atoms with Gasteiger partial charge >= 0.3 is 0 Å². The van der Waals surface area contributed by atoms with Crippen LogP contribution in [0.5, 0.6) is 5.75 Å². The second-order valence-corrected chi connectivity index (χ2v) is 4.61. The van der Waals surface area contributed by atoms with E-state index in [2.05, 4.69) is 29.1 Å². The third-order valence-corrected chi connectivity index (χ3v) is 3.30. The van der Waals surface area contributed by atoms with Gasteiger partial charge in [0, 0.05) is 37.2 Å². The van der Waals surface area contributed by atoms with E-state index < -0.39 is 0 Å². The highest BCUT2D eigenvalue weighted by molar-refractivity contribution is 6.17. The molecular formula is C15H17ClN2O. The van der Waals surface area contributed by atoms with Crippen molar-refractivity contribution in [1.82, 2.24) is 4.98 Å². The molecule has 0 aliphatic heterocycles. The Morgan fingerprint density at radius 3 is 2.58 bits per heavy atom. The molecule has 0 N–H and O–H groups in total. The maximum atomic E-state index is 5.94. The van der Waals surface area contributed by atoms with Gasteiger partial charge < -0.3 is 9.64 Å². The summed E-state index contributed by atoms with van der Waals surface area (Å²) in [7, 11) is 3.72. The standard InChI is InChI=1S/C15H17ClN2O/c1-18(15-7-8-17-10-13(15)9-16)11-12-3-5-14(19-2)6-4-12/h3-8,10H,9,11H2,1-2H3. The van der Waals surface area contributed by atoms with E-state index in [9.17, 15) is 0 Å². The number of alkyl halides is 1. The zero-order valence-corrected chi connectivity index (χ0v) is 11.9. The number of rotatable bonds is 5. The highest BCUT2D eigenvalue weighted by Crippen LogP contribution is 2.22. The minimum Gasteiger partial charge on any atom is -0.497 e. The summed E-state index contributed by atoms with van der Waals surface area (Å²) >= 11 is 5.94. The van der Waals surface area contributed by atoms with Gasteiger partial charge in [0.15, 0.2) is 0 Å². The topological polar surface area (TPSA) is 25.4 Å². The number of halogens is 1. The summed E-state index contributed by atoms with van der Waals surface area (Å²) in [5.74, 6) is 1.34. The molecule has 0 fully saturated rings. The summed E-state index contributed by atoms with van der Waals surface area (Å²) in [6, 6.07) is 10.1. The van der Waals surface area contributed by atoms with Crippen LogP contribution in [0.2, 0.25) is 0 Å². The fourth-order valence-corrected chi connectivity index (χ4v) is 2.19. The Hall–Kier alpha value is -1.74. The number of nitrogens with zero attached hydrogens (tertiary/aromatic N) is 2. The van der Waals surface area contributed by atoms with Crippen LogP contribution in [0.15, 0.2) is 42.7 Å². The lowest BCUT2D eigenvalue weighted by Gasteiger charge is -2.21. The van der Waals surface area contributed by atoms with Crippen molar-refractivity contribution < 1.29 is 4.74 Å². The molecule has 0 saturated carbocycles. The maximum Gasteiger partial charge on any atom is 0.118 e. The van der Waals surface area contributed by atoms with E-state index >= 15 is 0 Å². The number of hydrogen-bond acceptors (Lipinski definition) is 3. The Labute approximate surface area is 118 Å². The van der Waals surface area contributed by atoms with Crippen LogP contribution >= 0.6 is 11.6 Å². The number of benzene rings is 1. The Morgan fingerprint density at radius 1 is 1.21 bits per heavy atom. The summed E-state index contributed by atoms with van der Waals surface area (Å²) in [6.45, 7) is 0.817. The first-order valence-electron chi connectivity index (χ1n) is 6.07. The fraction of sp³-hybridized carbons (Fsp3) is 0.267. The molecule has 100 valence electrons. The molecule has 0 bridgehead atoms. The maximum absolute atomic E-state index is 5.94. The summed E-state index contributed by atoms with van der Waals surface area (Å²) < 4.78 is 5.16. The van der Waals surface area contributed by atoms with Crippen LogP contribution in [0.1, 0.15) is 11.1 Å². The van der Waals surface area contributed by atoms with Gasteiger partial charge in [-0.25, -0.2) is 0 Å². The highest BCUT2D eigenvalue weighted by atomic mass is 35.5. The molecule has 3 nitrogen and oxygen atoms in total. The quantitative estimate of drug-likeness (QED) is 0.782. The summed E-state index contributed by atoms with van der Waals surface area (Å²) in [4.78, 5) is 6.27. The Kier molecular flexibility index (Phi) is 4.63. The molecule has 0 amide bonds. The van der Waals surface area contributed by atoms with Gasteiger partial charge in [-0.1, -0.05) is 12.1 Å². The molecule has 19 heavy (non-hydrogen) atoms. The first-order valence-corrected chi connectivity index (χ1v) is 6.61. The fourth-order valence-electron chi connectivity index (χ4n) is 1.99. The lowest BCUT2D eigenvalue weighted by molar-refractivity contribution is 0.414. The van der Waals surface area contributed by atoms with Gasteiger partial charge in [0.2, 0.25) is 0 Å². The smallest absolute Gasteiger partial charge is 0.118 e. The van der Waals surface area contributed by atoms with Crippen LogP contribution < -0.4 is 9.64 Å². The molecule has 0 atom stereocenters. The molecular weight excluding hydrogens is 260 g/mol. The largest absolute Gasteiger partial charge is 0.497 e. The second-order valence-electron chi connectivity index (χ2n) is 4.34. The lowest BCUT2D eigenvalue weighted by atomic mass is 10.2. The Bertz CT molecular complexity index is 528. The lowest BCUT2D eigenvalue weighted by Crippen LogP contribution is -2.17. The van der Waals surface area contributed by atoms with E-state index in [1.54, 1.807) is 13.3 Å². The monoisotopic (exact) mass is 276 g/mol. The number of methoxy groups -OCH3 is 1. The van der Waals surface area contributed by atoms with Gasteiger partial charge in [0.25, 0.3) is 0 Å². The molecule has 2 rings (SSSR count). The van der Waals surface area contributed by atoms with Gasteiger partial charge in [0.05, 0.1) is 13.0 Å². The zero-order chi connectivity index (χ0) is 13.7. The normalized spacial score (nSPS) is 10.3. The Balaban J connectivity index is 2.13. The summed E-state index contributed by atoms with van der Waals surface area (Å²) in [5, 5.41) is 0. The van der Waals surface area contributed by atoms with Crippen LogP contribution in [-0.2, 0) is 12.4 Å². The van der Waals surface area contributed by atoms with Crippen LogP contribution in [0.3, 0.4) is 0 Å². The van der Waals surface area contributed by atoms with Crippen molar-refractivity contribution in [1.29, 1.82) is 0 Å². The number of aromatic nitrogens is 1. The van der Waals surface area contributed by atoms with Crippen LogP contribution in [-0.4, -0.2) is 19.1 Å². The van der Waals surface area contributed by atoms with Crippen molar-refractivity contribution >= 4 is 17.3 Å².